The Balaban J connectivity index is 1.54. The second-order valence-electron chi connectivity index (χ2n) is 6.73. The smallest absolute Gasteiger partial charge is 0.262 e. The molecule has 30 heavy (non-hydrogen) atoms. The van der Waals surface area contributed by atoms with Gasteiger partial charge < -0.3 is 14.5 Å². The van der Waals surface area contributed by atoms with Gasteiger partial charge in [-0.1, -0.05) is 36.4 Å². The molecule has 0 saturated heterocycles. The number of carbonyl (C=O) groups excluding carboxylic acids is 1. The van der Waals surface area contributed by atoms with Crippen LogP contribution >= 0.6 is 0 Å². The summed E-state index contributed by atoms with van der Waals surface area (Å²) in [6.45, 7) is 1.47. The molecular weight excluding hydrogens is 385 g/mol. The van der Waals surface area contributed by atoms with Crippen molar-refractivity contribution in [1.82, 2.24) is 0 Å². The molecule has 0 radical (unpaired) electrons. The summed E-state index contributed by atoms with van der Waals surface area (Å²) in [5, 5.41) is 2.98. The molecule has 0 bridgehead atoms. The number of amides is 1. The number of fused-ring (bicyclic) bond motifs is 1. The number of anilines is 1. The minimum Gasteiger partial charge on any atom is -0.484 e. The first-order chi connectivity index (χ1) is 14.5. The molecule has 0 atom stereocenters. The second-order valence-corrected chi connectivity index (χ2v) is 6.73. The van der Waals surface area contributed by atoms with Crippen LogP contribution in [0.4, 0.5) is 10.1 Å². The SMILES string of the molecule is Cc1oc2cc(OCC(=O)Nc3cccc(F)c3)ccc2c(=O)c1-c1ccccc1. The van der Waals surface area contributed by atoms with Crippen molar-refractivity contribution in [3.05, 3.63) is 94.6 Å². The molecule has 4 aromatic rings. The van der Waals surface area contributed by atoms with Crippen LogP contribution in [0.3, 0.4) is 0 Å². The standard InChI is InChI=1S/C24H18FNO4/c1-15-23(16-6-3-2-4-7-16)24(28)20-11-10-19(13-21(20)30-15)29-14-22(27)26-18-9-5-8-17(25)12-18/h2-13H,14H2,1H3,(H,26,27). The first-order valence-corrected chi connectivity index (χ1v) is 9.32. The fourth-order valence-corrected chi connectivity index (χ4v) is 3.23. The maximum atomic E-state index is 13.2. The first kappa shape index (κ1) is 19.4. The lowest BCUT2D eigenvalue weighted by atomic mass is 10.0. The summed E-state index contributed by atoms with van der Waals surface area (Å²) in [6.07, 6.45) is 0. The molecule has 0 aliphatic rings. The Morgan fingerprint density at radius 2 is 1.83 bits per heavy atom. The lowest BCUT2D eigenvalue weighted by molar-refractivity contribution is -0.118. The molecule has 0 aliphatic carbocycles. The van der Waals surface area contributed by atoms with Crippen LogP contribution in [0.2, 0.25) is 0 Å². The minimum absolute atomic E-state index is 0.129. The summed E-state index contributed by atoms with van der Waals surface area (Å²) in [4.78, 5) is 25.0. The molecule has 1 N–H and O–H groups in total. The van der Waals surface area contributed by atoms with Crippen LogP contribution in [-0.2, 0) is 4.79 Å². The van der Waals surface area contributed by atoms with Crippen molar-refractivity contribution in [2.24, 2.45) is 0 Å². The van der Waals surface area contributed by atoms with E-state index in [4.69, 9.17) is 9.15 Å². The van der Waals surface area contributed by atoms with E-state index in [0.717, 1.165) is 5.56 Å². The van der Waals surface area contributed by atoms with E-state index in [9.17, 15) is 14.0 Å². The highest BCUT2D eigenvalue weighted by Gasteiger charge is 2.14. The lowest BCUT2D eigenvalue weighted by Gasteiger charge is -2.10. The van der Waals surface area contributed by atoms with Gasteiger partial charge in [0, 0.05) is 11.8 Å². The van der Waals surface area contributed by atoms with Gasteiger partial charge in [0.15, 0.2) is 6.61 Å². The van der Waals surface area contributed by atoms with Gasteiger partial charge in [0.2, 0.25) is 5.43 Å². The quantitative estimate of drug-likeness (QED) is 0.513. The first-order valence-electron chi connectivity index (χ1n) is 9.32. The predicted molar refractivity (Wildman–Crippen MR) is 113 cm³/mol. The maximum Gasteiger partial charge on any atom is 0.262 e. The second kappa shape index (κ2) is 8.21. The summed E-state index contributed by atoms with van der Waals surface area (Å²) in [5.41, 5.74) is 1.90. The zero-order valence-corrected chi connectivity index (χ0v) is 16.1. The molecule has 1 heterocycles. The normalized spacial score (nSPS) is 10.7. The van der Waals surface area contributed by atoms with Crippen molar-refractivity contribution >= 4 is 22.6 Å². The third-order valence-electron chi connectivity index (χ3n) is 4.58. The van der Waals surface area contributed by atoms with Crippen molar-refractivity contribution in [3.8, 4) is 16.9 Å². The summed E-state index contributed by atoms with van der Waals surface area (Å²) < 4.78 is 24.6. The average Bonchev–Trinajstić information content (AvgIpc) is 2.73. The monoisotopic (exact) mass is 403 g/mol. The van der Waals surface area contributed by atoms with Crippen molar-refractivity contribution in [1.29, 1.82) is 0 Å². The summed E-state index contributed by atoms with van der Waals surface area (Å²) in [6, 6.07) is 19.7. The van der Waals surface area contributed by atoms with Crippen LogP contribution in [0.15, 0.2) is 82.0 Å². The van der Waals surface area contributed by atoms with Gasteiger partial charge in [-0.2, -0.15) is 0 Å². The zero-order valence-electron chi connectivity index (χ0n) is 16.1. The Kier molecular flexibility index (Phi) is 5.30. The Morgan fingerprint density at radius 1 is 1.03 bits per heavy atom. The van der Waals surface area contributed by atoms with Crippen molar-refractivity contribution < 1.29 is 18.3 Å². The number of ether oxygens (including phenoxy) is 1. The van der Waals surface area contributed by atoms with Gasteiger partial charge >= 0.3 is 0 Å². The fourth-order valence-electron chi connectivity index (χ4n) is 3.23. The largest absolute Gasteiger partial charge is 0.484 e. The number of hydrogen-bond donors (Lipinski definition) is 1. The van der Waals surface area contributed by atoms with Crippen LogP contribution in [0.5, 0.6) is 5.75 Å². The van der Waals surface area contributed by atoms with Gasteiger partial charge in [-0.3, -0.25) is 9.59 Å². The molecule has 3 aromatic carbocycles. The van der Waals surface area contributed by atoms with Crippen molar-refractivity contribution in [2.75, 3.05) is 11.9 Å². The predicted octanol–water partition coefficient (Wildman–Crippen LogP) is 4.93. The fraction of sp³-hybridized carbons (Fsp3) is 0.0833. The van der Waals surface area contributed by atoms with Gasteiger partial charge in [0.05, 0.1) is 10.9 Å². The van der Waals surface area contributed by atoms with Crippen LogP contribution in [-0.4, -0.2) is 12.5 Å². The van der Waals surface area contributed by atoms with E-state index in [1.807, 2.05) is 30.3 Å². The Morgan fingerprint density at radius 3 is 2.60 bits per heavy atom. The molecule has 0 fully saturated rings. The Labute approximate surface area is 171 Å². The molecule has 0 unspecified atom stereocenters. The molecule has 1 amide bonds. The van der Waals surface area contributed by atoms with E-state index >= 15 is 0 Å². The number of carbonyl (C=O) groups is 1. The van der Waals surface area contributed by atoms with Gasteiger partial charge in [-0.05, 0) is 42.8 Å². The molecule has 0 saturated carbocycles. The number of benzene rings is 3. The maximum absolute atomic E-state index is 13.2. The topological polar surface area (TPSA) is 68.5 Å². The lowest BCUT2D eigenvalue weighted by Crippen LogP contribution is -2.20. The highest BCUT2D eigenvalue weighted by molar-refractivity contribution is 5.92. The van der Waals surface area contributed by atoms with Gasteiger partial charge in [-0.25, -0.2) is 4.39 Å². The van der Waals surface area contributed by atoms with Crippen LogP contribution in [0, 0.1) is 12.7 Å². The molecular formula is C24H18FNO4. The number of rotatable bonds is 5. The molecule has 6 heteroatoms. The number of aryl methyl sites for hydroxylation is 1. The van der Waals surface area contributed by atoms with Crippen molar-refractivity contribution in [3.63, 3.8) is 0 Å². The third-order valence-corrected chi connectivity index (χ3v) is 4.58. The molecule has 150 valence electrons. The molecule has 0 spiro atoms. The van der Waals surface area contributed by atoms with E-state index in [0.29, 0.717) is 33.7 Å². The third kappa shape index (κ3) is 4.07. The molecule has 4 rings (SSSR count). The Bertz CT molecular complexity index is 1280. The molecule has 1 aromatic heterocycles. The Hall–Kier alpha value is -3.93. The highest BCUT2D eigenvalue weighted by Crippen LogP contribution is 2.26. The van der Waals surface area contributed by atoms with Gasteiger partial charge in [0.1, 0.15) is 22.9 Å². The number of hydrogen-bond acceptors (Lipinski definition) is 4. The van der Waals surface area contributed by atoms with Gasteiger partial charge in [0.25, 0.3) is 5.91 Å². The van der Waals surface area contributed by atoms with Crippen LogP contribution in [0.1, 0.15) is 5.76 Å². The summed E-state index contributed by atoms with van der Waals surface area (Å²) >= 11 is 0. The van der Waals surface area contributed by atoms with E-state index in [2.05, 4.69) is 5.32 Å². The van der Waals surface area contributed by atoms with E-state index in [1.165, 1.54) is 18.2 Å². The highest BCUT2D eigenvalue weighted by atomic mass is 19.1. The molecule has 5 nitrogen and oxygen atoms in total. The number of halogens is 1. The van der Waals surface area contributed by atoms with Crippen molar-refractivity contribution in [2.45, 2.75) is 6.92 Å². The summed E-state index contributed by atoms with van der Waals surface area (Å²) in [7, 11) is 0. The van der Waals surface area contributed by atoms with E-state index in [-0.39, 0.29) is 12.0 Å². The average molecular weight is 403 g/mol. The van der Waals surface area contributed by atoms with E-state index in [1.54, 1.807) is 31.2 Å². The van der Waals surface area contributed by atoms with Crippen LogP contribution < -0.4 is 15.5 Å². The summed E-state index contributed by atoms with van der Waals surface area (Å²) in [5.74, 6) is 0.00729. The minimum atomic E-state index is -0.441. The van der Waals surface area contributed by atoms with Gasteiger partial charge in [-0.15, -0.1) is 0 Å². The number of nitrogens with one attached hydrogen (secondary N) is 1. The zero-order chi connectivity index (χ0) is 21.1. The van der Waals surface area contributed by atoms with E-state index < -0.39 is 11.7 Å². The van der Waals surface area contributed by atoms with Crippen LogP contribution in [0.25, 0.3) is 22.1 Å². The molecule has 0 aliphatic heterocycles.